The zero-order chi connectivity index (χ0) is 45.6. The van der Waals surface area contributed by atoms with Gasteiger partial charge in [-0.05, 0) is 91.2 Å². The minimum absolute atomic E-state index is 0.0395. The van der Waals surface area contributed by atoms with Gasteiger partial charge >= 0.3 is 5.97 Å². The first-order valence-corrected chi connectivity index (χ1v) is 20.4. The maximum Gasteiger partial charge on any atom is 0.326 e. The summed E-state index contributed by atoms with van der Waals surface area (Å²) in [6, 6.07) is 11.6. The molecule has 334 valence electrons. The molecule has 0 saturated heterocycles. The van der Waals surface area contributed by atoms with E-state index < -0.39 is 71.7 Å². The van der Waals surface area contributed by atoms with Crippen molar-refractivity contribution in [2.75, 3.05) is 39.9 Å². The van der Waals surface area contributed by atoms with Crippen LogP contribution in [0.5, 0.6) is 17.2 Å². The van der Waals surface area contributed by atoms with Crippen LogP contribution in [0.3, 0.4) is 0 Å². The van der Waals surface area contributed by atoms with Crippen LogP contribution in [-0.2, 0) is 31.0 Å². The highest BCUT2D eigenvalue weighted by Gasteiger charge is 2.39. The highest BCUT2D eigenvalue weighted by Crippen LogP contribution is 2.47. The predicted octanol–water partition coefficient (Wildman–Crippen LogP) is 0.642. The highest BCUT2D eigenvalue weighted by molar-refractivity contribution is 5.98. The Morgan fingerprint density at radius 2 is 1.71 bits per heavy atom. The molecule has 6 rings (SSSR count). The lowest BCUT2D eigenvalue weighted by molar-refractivity contribution is -0.142. The minimum atomic E-state index is -1.59. The number of nitrogens with two attached hydrogens (primary N) is 2. The lowest BCUT2D eigenvalue weighted by Gasteiger charge is -2.30. The average Bonchev–Trinajstić information content (AvgIpc) is 4.02. The number of carboxylic acid groups (broad SMARTS) is 1. The van der Waals surface area contributed by atoms with Gasteiger partial charge in [-0.1, -0.05) is 25.1 Å². The van der Waals surface area contributed by atoms with Gasteiger partial charge in [0, 0.05) is 37.2 Å². The largest absolute Gasteiger partial charge is 0.504 e. The molecule has 1 aromatic heterocycles. The molecule has 1 fully saturated rings. The minimum Gasteiger partial charge on any atom is -0.504 e. The molecule has 19 heteroatoms. The third-order valence-corrected chi connectivity index (χ3v) is 11.2. The quantitative estimate of drug-likeness (QED) is 0.0762. The van der Waals surface area contributed by atoms with Gasteiger partial charge in [-0.15, -0.1) is 0 Å². The number of aliphatic carboxylic acids is 1. The van der Waals surface area contributed by atoms with Crippen LogP contribution in [0.1, 0.15) is 66.2 Å². The van der Waals surface area contributed by atoms with E-state index in [9.17, 15) is 44.1 Å². The first-order chi connectivity index (χ1) is 30.0. The van der Waals surface area contributed by atoms with E-state index >= 15 is 0 Å². The van der Waals surface area contributed by atoms with Gasteiger partial charge in [-0.3, -0.25) is 24.0 Å². The Hall–Kier alpha value is -6.83. The van der Waals surface area contributed by atoms with Crippen molar-refractivity contribution in [3.8, 4) is 34.1 Å². The van der Waals surface area contributed by atoms with Gasteiger partial charge in [-0.2, -0.15) is 9.78 Å². The number of aliphatic hydroxyl groups is 1. The number of phenolic OH excluding ortho intramolecular Hbond substituents is 1. The van der Waals surface area contributed by atoms with E-state index in [0.717, 1.165) is 34.1 Å². The molecular weight excluding hydrogens is 817 g/mol. The molecule has 63 heavy (non-hydrogen) atoms. The fourth-order valence-electron chi connectivity index (χ4n) is 7.04. The van der Waals surface area contributed by atoms with Crippen LogP contribution in [0.4, 0.5) is 0 Å². The molecule has 4 aromatic rings. The maximum absolute atomic E-state index is 14.3. The number of ether oxygens (including phenoxy) is 2. The summed E-state index contributed by atoms with van der Waals surface area (Å²) in [5, 5.41) is 43.7. The van der Waals surface area contributed by atoms with Gasteiger partial charge in [-0.25, -0.2) is 4.79 Å². The Morgan fingerprint density at radius 1 is 0.984 bits per heavy atom. The monoisotopic (exact) mass is 868 g/mol. The number of nitrogens with zero attached hydrogens (tertiary/aromatic N) is 3. The fourth-order valence-corrected chi connectivity index (χ4v) is 7.04. The summed E-state index contributed by atoms with van der Waals surface area (Å²) in [6.45, 7) is 2.74. The zero-order valence-corrected chi connectivity index (χ0v) is 35.1. The Kier molecular flexibility index (Phi) is 14.1. The summed E-state index contributed by atoms with van der Waals surface area (Å²) in [7, 11) is 1.28. The van der Waals surface area contributed by atoms with Crippen LogP contribution >= 0.6 is 0 Å². The Balaban J connectivity index is 1.35. The number of amides is 4. The molecule has 2 heterocycles. The number of carbonyl (C=O) groups excluding carboxylic acids is 4. The standard InChI is InChI=1S/C44H52N8O11/c1-24-40(57)50-33(43(60)61)16-25-5-10-34(62-14-4-13-45)31(15-25)32-17-26(18-35(39(32)56)63-23-30(53)20-46)38(42(59)49-24)51(3)37(55)22-47-41(58)27-19-36(54)52(48-21-27)29-8-6-28(7-9-29)44(2)11-12-44/h5-10,15,17-19,21,24,30,33,38,53,56H,4,11-14,16,20,22-23,45-46H2,1-3H3,(H,47,58)(H,49,59)(H,50,57)(H,60,61)/t24-,30+,33-,38-/m0/s1. The number of rotatable bonds is 15. The second-order valence-corrected chi connectivity index (χ2v) is 16.0. The molecule has 2 aliphatic rings. The van der Waals surface area contributed by atoms with E-state index in [4.69, 9.17) is 20.9 Å². The number of benzene rings is 3. The van der Waals surface area contributed by atoms with Crippen molar-refractivity contribution in [1.82, 2.24) is 30.6 Å². The number of likely N-dealkylation sites (N-methyl/N-ethyl adjacent to an activating group) is 1. The van der Waals surface area contributed by atoms with Gasteiger partial charge in [0.2, 0.25) is 17.7 Å². The lowest BCUT2D eigenvalue weighted by Crippen LogP contribution is -2.53. The van der Waals surface area contributed by atoms with Crippen LogP contribution < -0.4 is 42.5 Å². The molecule has 4 atom stereocenters. The van der Waals surface area contributed by atoms with Gasteiger partial charge in [0.1, 0.15) is 36.6 Å². The summed E-state index contributed by atoms with van der Waals surface area (Å²) in [5.74, 6) is -5.14. The van der Waals surface area contributed by atoms with E-state index in [1.807, 2.05) is 12.1 Å². The van der Waals surface area contributed by atoms with Crippen molar-refractivity contribution in [2.45, 2.75) is 69.2 Å². The number of phenols is 1. The number of carboxylic acids is 1. The highest BCUT2D eigenvalue weighted by atomic mass is 16.5. The van der Waals surface area contributed by atoms with Crippen LogP contribution in [-0.4, -0.2) is 118 Å². The van der Waals surface area contributed by atoms with Crippen LogP contribution in [0, 0.1) is 0 Å². The van der Waals surface area contributed by atoms with Crippen molar-refractivity contribution in [3.05, 3.63) is 99.5 Å². The maximum atomic E-state index is 14.3. The van der Waals surface area contributed by atoms with Crippen molar-refractivity contribution >= 4 is 29.6 Å². The number of carbonyl (C=O) groups is 5. The van der Waals surface area contributed by atoms with Gasteiger partial charge in [0.05, 0.1) is 30.6 Å². The van der Waals surface area contributed by atoms with E-state index in [2.05, 4.69) is 28.0 Å². The molecule has 0 spiro atoms. The van der Waals surface area contributed by atoms with Crippen LogP contribution in [0.2, 0.25) is 0 Å². The van der Waals surface area contributed by atoms with Crippen molar-refractivity contribution in [3.63, 3.8) is 0 Å². The molecular formula is C44H52N8O11. The third-order valence-electron chi connectivity index (χ3n) is 11.2. The van der Waals surface area contributed by atoms with Crippen LogP contribution in [0.15, 0.2) is 71.7 Å². The molecule has 1 saturated carbocycles. The molecule has 10 N–H and O–H groups in total. The van der Waals surface area contributed by atoms with Gasteiger partial charge in [0.15, 0.2) is 11.5 Å². The Morgan fingerprint density at radius 3 is 2.37 bits per heavy atom. The number of aliphatic hydroxyl groups excluding tert-OH is 1. The molecule has 1 aliphatic heterocycles. The van der Waals surface area contributed by atoms with Crippen molar-refractivity contribution in [1.29, 1.82) is 0 Å². The average molecular weight is 869 g/mol. The Bertz CT molecular complexity index is 2440. The SMILES string of the molecule is C[C@@H]1NC(=O)[C@@H](N(C)C(=O)CNC(=O)c2cnn(-c3ccc(C4(C)CC4)cc3)c(=O)c2)c2cc(OC[C@H](O)CN)c(O)c(c2)-c2cc(ccc2OCCCN)C[C@@H](C(=O)O)NC1=O. The molecule has 4 bridgehead atoms. The van der Waals surface area contributed by atoms with E-state index in [1.165, 1.54) is 32.3 Å². The number of fused-ring (bicyclic) bond motifs is 5. The molecule has 3 aromatic carbocycles. The zero-order valence-electron chi connectivity index (χ0n) is 35.1. The predicted molar refractivity (Wildman–Crippen MR) is 228 cm³/mol. The summed E-state index contributed by atoms with van der Waals surface area (Å²) in [4.78, 5) is 81.4. The smallest absolute Gasteiger partial charge is 0.326 e. The molecule has 19 nitrogen and oxygen atoms in total. The molecule has 1 aliphatic carbocycles. The fraction of sp³-hybridized carbons (Fsp3) is 0.386. The second-order valence-electron chi connectivity index (χ2n) is 16.0. The number of aromatic hydroxyl groups is 1. The summed E-state index contributed by atoms with van der Waals surface area (Å²) >= 11 is 0. The first kappa shape index (κ1) is 45.7. The number of hydrogen-bond acceptors (Lipinski definition) is 13. The Labute approximate surface area is 362 Å². The lowest BCUT2D eigenvalue weighted by atomic mass is 9.93. The first-order valence-electron chi connectivity index (χ1n) is 20.4. The number of hydrogen-bond donors (Lipinski definition) is 8. The molecule has 4 amide bonds. The summed E-state index contributed by atoms with van der Waals surface area (Å²) < 4.78 is 13.0. The second kappa shape index (κ2) is 19.5. The van der Waals surface area contributed by atoms with Crippen molar-refractivity contribution in [2.24, 2.45) is 11.5 Å². The molecule has 0 radical (unpaired) electrons. The molecule has 0 unspecified atom stereocenters. The van der Waals surface area contributed by atoms with Crippen LogP contribution in [0.25, 0.3) is 16.8 Å². The number of nitrogens with one attached hydrogen (secondary N) is 3. The van der Waals surface area contributed by atoms with E-state index in [0.29, 0.717) is 24.2 Å². The third kappa shape index (κ3) is 10.6. The van der Waals surface area contributed by atoms with E-state index in [1.54, 1.807) is 30.3 Å². The topological polar surface area (TPSA) is 291 Å². The number of aromatic nitrogens is 2. The normalized spacial score (nSPS) is 18.5. The van der Waals surface area contributed by atoms with Gasteiger partial charge < -0.3 is 57.1 Å². The van der Waals surface area contributed by atoms with Gasteiger partial charge in [0.25, 0.3) is 11.5 Å². The van der Waals surface area contributed by atoms with Crippen molar-refractivity contribution < 1.29 is 48.8 Å². The summed E-state index contributed by atoms with van der Waals surface area (Å²) in [5.41, 5.74) is 13.2. The van der Waals surface area contributed by atoms with E-state index in [-0.39, 0.29) is 65.3 Å². The summed E-state index contributed by atoms with van der Waals surface area (Å²) in [6.07, 6.45) is 2.48.